The molecule has 2 bridgehead atoms. The van der Waals surface area contributed by atoms with Crippen LogP contribution < -0.4 is 16.8 Å². The summed E-state index contributed by atoms with van der Waals surface area (Å²) in [5.41, 5.74) is 10.6. The van der Waals surface area contributed by atoms with Crippen molar-refractivity contribution in [2.75, 3.05) is 13.1 Å². The van der Waals surface area contributed by atoms with Gasteiger partial charge in [0.25, 0.3) is 5.91 Å². The van der Waals surface area contributed by atoms with Gasteiger partial charge in [-0.25, -0.2) is 9.59 Å². The van der Waals surface area contributed by atoms with Crippen LogP contribution in [0.1, 0.15) is 12.8 Å². The lowest BCUT2D eigenvalue weighted by Crippen LogP contribution is -2.48. The summed E-state index contributed by atoms with van der Waals surface area (Å²) < 4.78 is 34.6. The van der Waals surface area contributed by atoms with E-state index in [2.05, 4.69) is 14.6 Å². The van der Waals surface area contributed by atoms with Gasteiger partial charge in [0.2, 0.25) is 0 Å². The predicted molar refractivity (Wildman–Crippen MR) is 77.6 cm³/mol. The van der Waals surface area contributed by atoms with Crippen molar-refractivity contribution in [3.8, 4) is 0 Å². The number of amidine groups is 1. The number of amides is 5. The monoisotopic (exact) mass is 364 g/mol. The van der Waals surface area contributed by atoms with Crippen LogP contribution in [0.15, 0.2) is 4.99 Å². The van der Waals surface area contributed by atoms with Crippen molar-refractivity contribution in [1.29, 1.82) is 0 Å². The zero-order valence-corrected chi connectivity index (χ0v) is 13.1. The van der Waals surface area contributed by atoms with Crippen molar-refractivity contribution in [2.24, 2.45) is 16.5 Å². The summed E-state index contributed by atoms with van der Waals surface area (Å²) in [6.07, 6.45) is 0.639. The minimum Gasteiger partial charge on any atom is -0.385 e. The molecule has 0 aliphatic carbocycles. The first kappa shape index (κ1) is 17.9. The van der Waals surface area contributed by atoms with Crippen molar-refractivity contribution in [3.63, 3.8) is 0 Å². The highest BCUT2D eigenvalue weighted by atomic mass is 32.3. The molecule has 2 atom stereocenters. The Balaban J connectivity index is 2.07. The molecule has 2 aliphatic heterocycles. The molecule has 5 amide bonds. The molecule has 2 saturated heterocycles. The number of fused-ring (bicyclic) bond motifs is 2. The molecule has 13 nitrogen and oxygen atoms in total. The van der Waals surface area contributed by atoms with Gasteiger partial charge in [0.15, 0.2) is 0 Å². The van der Waals surface area contributed by atoms with Gasteiger partial charge in [-0.2, -0.15) is 18.5 Å². The van der Waals surface area contributed by atoms with E-state index in [4.69, 9.17) is 16.0 Å². The fourth-order valence-electron chi connectivity index (χ4n) is 2.56. The molecular formula is C10H16N6O7S. The largest absolute Gasteiger partial charge is 0.418 e. The van der Waals surface area contributed by atoms with Gasteiger partial charge < -0.3 is 21.7 Å². The lowest BCUT2D eigenvalue weighted by Gasteiger charge is -2.29. The highest BCUT2D eigenvalue weighted by Crippen LogP contribution is 2.30. The van der Waals surface area contributed by atoms with Crippen molar-refractivity contribution in [3.05, 3.63) is 0 Å². The maximum atomic E-state index is 12.2. The highest BCUT2D eigenvalue weighted by Gasteiger charge is 2.48. The Kier molecular flexibility index (Phi) is 4.91. The molecule has 2 aliphatic rings. The number of hydrogen-bond donors (Lipinski definition) is 4. The fourth-order valence-corrected chi connectivity index (χ4v) is 2.95. The van der Waals surface area contributed by atoms with Gasteiger partial charge in [-0.1, -0.05) is 0 Å². The third kappa shape index (κ3) is 4.09. The molecule has 14 heteroatoms. The van der Waals surface area contributed by atoms with E-state index in [0.717, 1.165) is 0 Å². The van der Waals surface area contributed by atoms with Crippen molar-refractivity contribution < 1.29 is 31.6 Å². The molecular weight excluding hydrogens is 348 g/mol. The van der Waals surface area contributed by atoms with Crippen LogP contribution in [-0.2, 0) is 19.5 Å². The number of carbonyl (C=O) groups excluding carboxylic acids is 3. The maximum absolute atomic E-state index is 12.2. The maximum Gasteiger partial charge on any atom is 0.418 e. The molecule has 0 aromatic carbocycles. The van der Waals surface area contributed by atoms with E-state index in [1.807, 2.05) is 0 Å². The van der Waals surface area contributed by atoms with E-state index in [0.29, 0.717) is 17.9 Å². The Morgan fingerprint density at radius 2 is 2.04 bits per heavy atom. The molecule has 134 valence electrons. The predicted octanol–water partition coefficient (Wildman–Crippen LogP) is -2.46. The average Bonchev–Trinajstić information content (AvgIpc) is 2.69. The number of hydrogen-bond acceptors (Lipinski definition) is 6. The van der Waals surface area contributed by atoms with Crippen LogP contribution >= 0.6 is 0 Å². The summed E-state index contributed by atoms with van der Waals surface area (Å²) in [5.74, 6) is -0.919. The van der Waals surface area contributed by atoms with E-state index in [1.54, 1.807) is 0 Å². The summed E-state index contributed by atoms with van der Waals surface area (Å²) in [4.78, 5) is 39.0. The first-order valence-corrected chi connectivity index (χ1v) is 8.12. The minimum atomic E-state index is -4.84. The van der Waals surface area contributed by atoms with Gasteiger partial charge >= 0.3 is 22.5 Å². The molecule has 24 heavy (non-hydrogen) atoms. The average molecular weight is 364 g/mol. The van der Waals surface area contributed by atoms with Crippen LogP contribution in [0.3, 0.4) is 0 Å². The van der Waals surface area contributed by atoms with Crippen LogP contribution in [0.2, 0.25) is 0 Å². The summed E-state index contributed by atoms with van der Waals surface area (Å²) in [7, 11) is -4.84. The Labute approximate surface area is 136 Å². The lowest BCUT2D eigenvalue weighted by atomic mass is 10.0. The van der Waals surface area contributed by atoms with E-state index in [-0.39, 0.29) is 12.4 Å². The zero-order chi connectivity index (χ0) is 18.1. The van der Waals surface area contributed by atoms with Crippen molar-refractivity contribution in [1.82, 2.24) is 15.3 Å². The van der Waals surface area contributed by atoms with Gasteiger partial charge in [0.1, 0.15) is 12.4 Å². The molecule has 0 saturated carbocycles. The fraction of sp³-hybridized carbons (Fsp3) is 0.600. The first-order valence-electron chi connectivity index (χ1n) is 6.75. The first-order chi connectivity index (χ1) is 11.1. The van der Waals surface area contributed by atoms with Gasteiger partial charge in [-0.05, 0) is 12.8 Å². The van der Waals surface area contributed by atoms with Crippen LogP contribution in [0.4, 0.5) is 9.59 Å². The number of nitrogens with one attached hydrogen (secondary N) is 1. The minimum absolute atomic E-state index is 0.100. The Bertz CT molecular complexity index is 692. The number of primary amides is 1. The number of piperidine rings is 1. The molecule has 0 radical (unpaired) electrons. The van der Waals surface area contributed by atoms with E-state index < -0.39 is 47.0 Å². The van der Waals surface area contributed by atoms with E-state index in [1.165, 1.54) is 4.90 Å². The second-order valence-electron chi connectivity index (χ2n) is 5.16. The molecule has 2 fully saturated rings. The Morgan fingerprint density at radius 3 is 2.62 bits per heavy atom. The molecule has 0 spiro atoms. The molecule has 0 aromatic heterocycles. The van der Waals surface area contributed by atoms with Gasteiger partial charge in [-0.3, -0.25) is 9.35 Å². The normalized spacial score (nSPS) is 24.2. The van der Waals surface area contributed by atoms with Crippen molar-refractivity contribution >= 4 is 34.2 Å². The standard InChI is InChI=1S/C10H16N6O7S/c11-8(14-7(17)3-13-9(12)18)6-2-1-5-4-15(6)10(19)16(5)23-24(20,21)22/h5-6H,1-4H2,(H2,11,14,17)(H3,12,13,18)(H,20,21,22)/t5-,6+/m1/s1. The number of nitrogens with zero attached hydrogens (tertiary/aromatic N) is 3. The number of rotatable bonds is 5. The Hall–Kier alpha value is -2.45. The number of urea groups is 2. The Morgan fingerprint density at radius 1 is 1.38 bits per heavy atom. The van der Waals surface area contributed by atoms with E-state index >= 15 is 0 Å². The molecule has 0 unspecified atom stereocenters. The van der Waals surface area contributed by atoms with Crippen molar-refractivity contribution in [2.45, 2.75) is 24.9 Å². The quantitative estimate of drug-likeness (QED) is 0.234. The third-order valence-corrected chi connectivity index (χ3v) is 3.86. The zero-order valence-electron chi connectivity index (χ0n) is 12.3. The van der Waals surface area contributed by atoms with Crippen LogP contribution in [-0.4, -0.2) is 71.9 Å². The summed E-state index contributed by atoms with van der Waals surface area (Å²) in [6.45, 7) is -0.347. The summed E-state index contributed by atoms with van der Waals surface area (Å²) >= 11 is 0. The number of aliphatic imine (C=N–C) groups is 1. The topological polar surface area (TPSA) is 198 Å². The lowest BCUT2D eigenvalue weighted by molar-refractivity contribution is -0.116. The highest BCUT2D eigenvalue weighted by molar-refractivity contribution is 7.80. The molecule has 2 rings (SSSR count). The molecule has 2 heterocycles. The number of hydroxylamine groups is 2. The van der Waals surface area contributed by atoms with E-state index in [9.17, 15) is 22.8 Å². The smallest absolute Gasteiger partial charge is 0.385 e. The van der Waals surface area contributed by atoms with Gasteiger partial charge in [0, 0.05) is 6.54 Å². The van der Waals surface area contributed by atoms with Crippen LogP contribution in [0.5, 0.6) is 0 Å². The third-order valence-electron chi connectivity index (χ3n) is 3.51. The summed E-state index contributed by atoms with van der Waals surface area (Å²) in [6, 6.07) is -3.02. The van der Waals surface area contributed by atoms with Gasteiger partial charge in [-0.15, -0.1) is 4.28 Å². The van der Waals surface area contributed by atoms with Gasteiger partial charge in [0.05, 0.1) is 12.1 Å². The van der Waals surface area contributed by atoms with Crippen LogP contribution in [0, 0.1) is 0 Å². The second kappa shape index (κ2) is 6.58. The summed E-state index contributed by atoms with van der Waals surface area (Å²) in [5, 5.41) is 2.61. The molecule has 0 aromatic rings. The van der Waals surface area contributed by atoms with Crippen LogP contribution in [0.25, 0.3) is 0 Å². The SMILES string of the molecule is NC(=O)NCC(=O)N=C(N)[C@@H]1CC[C@@H]2CN1C(=O)N2OS(=O)(=O)O. The number of nitrogens with two attached hydrogens (primary N) is 2. The molecule has 6 N–H and O–H groups in total. The number of carbonyl (C=O) groups is 3. The second-order valence-corrected chi connectivity index (χ2v) is 6.16.